The Bertz CT molecular complexity index is 505. The highest BCUT2D eigenvalue weighted by Crippen LogP contribution is 2.19. The van der Waals surface area contributed by atoms with E-state index in [2.05, 4.69) is 15.3 Å². The van der Waals surface area contributed by atoms with Crippen molar-refractivity contribution in [3.05, 3.63) is 30.6 Å². The maximum absolute atomic E-state index is 5.37. The van der Waals surface area contributed by atoms with Crippen LogP contribution in [-0.2, 0) is 4.74 Å². The molecule has 0 saturated heterocycles. The molecule has 1 N–H and O–H groups in total. The maximum atomic E-state index is 5.37. The normalized spacial score (nSPS) is 11.7. The summed E-state index contributed by atoms with van der Waals surface area (Å²) in [7, 11) is 1.71. The number of methoxy groups -OCH3 is 1. The first kappa shape index (κ1) is 11.8. The summed E-state index contributed by atoms with van der Waals surface area (Å²) < 4.78 is 5.37. The number of anilines is 1. The van der Waals surface area contributed by atoms with Gasteiger partial charge in [-0.15, -0.1) is 0 Å². The molecule has 1 aromatic heterocycles. The van der Waals surface area contributed by atoms with Crippen LogP contribution in [0.25, 0.3) is 10.9 Å². The summed E-state index contributed by atoms with van der Waals surface area (Å²) in [6, 6.07) is 7.94. The van der Waals surface area contributed by atoms with Gasteiger partial charge in [0.2, 0.25) is 0 Å². The van der Waals surface area contributed by atoms with Gasteiger partial charge in [-0.3, -0.25) is 0 Å². The second kappa shape index (κ2) is 4.67. The monoisotopic (exact) mass is 231 g/mol. The standard InChI is InChI=1S/C13H17N3O/c1-13(2,17-3)8-14-12-10-6-4-5-7-11(10)15-9-16-12/h4-7,9H,8H2,1-3H3,(H,14,15,16). The summed E-state index contributed by atoms with van der Waals surface area (Å²) in [5.74, 6) is 0.848. The molecule has 1 aromatic carbocycles. The molecule has 4 nitrogen and oxygen atoms in total. The van der Waals surface area contributed by atoms with Crippen LogP contribution >= 0.6 is 0 Å². The minimum atomic E-state index is -0.216. The number of para-hydroxylation sites is 1. The average molecular weight is 231 g/mol. The zero-order chi connectivity index (χ0) is 12.3. The molecule has 90 valence electrons. The predicted molar refractivity (Wildman–Crippen MR) is 69.1 cm³/mol. The van der Waals surface area contributed by atoms with Crippen LogP contribution in [0.2, 0.25) is 0 Å². The molecule has 1 heterocycles. The van der Waals surface area contributed by atoms with Crippen LogP contribution in [0, 0.1) is 0 Å². The van der Waals surface area contributed by atoms with E-state index < -0.39 is 0 Å². The quantitative estimate of drug-likeness (QED) is 0.878. The van der Waals surface area contributed by atoms with Gasteiger partial charge in [0, 0.05) is 19.0 Å². The fourth-order valence-corrected chi connectivity index (χ4v) is 1.51. The number of hydrogen-bond acceptors (Lipinski definition) is 4. The van der Waals surface area contributed by atoms with E-state index in [0.717, 1.165) is 16.7 Å². The van der Waals surface area contributed by atoms with Gasteiger partial charge in [-0.1, -0.05) is 12.1 Å². The zero-order valence-electron chi connectivity index (χ0n) is 10.4. The lowest BCUT2D eigenvalue weighted by molar-refractivity contribution is 0.0343. The molecule has 0 aliphatic heterocycles. The number of rotatable bonds is 4. The van der Waals surface area contributed by atoms with Crippen LogP contribution in [0.15, 0.2) is 30.6 Å². The number of benzene rings is 1. The molecule has 0 atom stereocenters. The lowest BCUT2D eigenvalue weighted by Crippen LogP contribution is -2.32. The zero-order valence-corrected chi connectivity index (χ0v) is 10.4. The average Bonchev–Trinajstić information content (AvgIpc) is 2.36. The van der Waals surface area contributed by atoms with Gasteiger partial charge in [-0.05, 0) is 26.0 Å². The predicted octanol–water partition coefficient (Wildman–Crippen LogP) is 2.47. The fraction of sp³-hybridized carbons (Fsp3) is 0.385. The van der Waals surface area contributed by atoms with Gasteiger partial charge in [0.05, 0.1) is 11.1 Å². The van der Waals surface area contributed by atoms with Crippen molar-refractivity contribution in [3.63, 3.8) is 0 Å². The van der Waals surface area contributed by atoms with E-state index in [-0.39, 0.29) is 5.60 Å². The van der Waals surface area contributed by atoms with Gasteiger partial charge in [0.25, 0.3) is 0 Å². The van der Waals surface area contributed by atoms with E-state index in [1.54, 1.807) is 13.4 Å². The number of aromatic nitrogens is 2. The Hall–Kier alpha value is -1.68. The number of nitrogens with one attached hydrogen (secondary N) is 1. The van der Waals surface area contributed by atoms with Crippen molar-refractivity contribution < 1.29 is 4.74 Å². The molecular formula is C13H17N3O. The van der Waals surface area contributed by atoms with Crippen molar-refractivity contribution in [2.75, 3.05) is 19.0 Å². The molecule has 0 fully saturated rings. The Balaban J connectivity index is 2.24. The Morgan fingerprint density at radius 2 is 2.00 bits per heavy atom. The molecule has 0 unspecified atom stereocenters. The van der Waals surface area contributed by atoms with Gasteiger partial charge in [-0.2, -0.15) is 0 Å². The minimum absolute atomic E-state index is 0.216. The Labute approximate surface area is 101 Å². The van der Waals surface area contributed by atoms with E-state index in [1.807, 2.05) is 38.1 Å². The number of hydrogen-bond donors (Lipinski definition) is 1. The summed E-state index contributed by atoms with van der Waals surface area (Å²) in [5.41, 5.74) is 0.728. The van der Waals surface area contributed by atoms with Crippen LogP contribution in [0.3, 0.4) is 0 Å². The summed E-state index contributed by atoms with van der Waals surface area (Å²) in [4.78, 5) is 8.49. The minimum Gasteiger partial charge on any atom is -0.377 e. The number of nitrogens with zero attached hydrogens (tertiary/aromatic N) is 2. The van der Waals surface area contributed by atoms with Crippen LogP contribution in [-0.4, -0.2) is 29.2 Å². The molecule has 0 saturated carbocycles. The highest BCUT2D eigenvalue weighted by atomic mass is 16.5. The Kier molecular flexibility index (Phi) is 3.24. The molecule has 2 aromatic rings. The first-order valence-corrected chi connectivity index (χ1v) is 5.61. The van der Waals surface area contributed by atoms with Crippen molar-refractivity contribution in [1.82, 2.24) is 9.97 Å². The highest BCUT2D eigenvalue weighted by molar-refractivity contribution is 5.88. The number of fused-ring (bicyclic) bond motifs is 1. The highest BCUT2D eigenvalue weighted by Gasteiger charge is 2.16. The van der Waals surface area contributed by atoms with Crippen molar-refractivity contribution in [1.29, 1.82) is 0 Å². The Morgan fingerprint density at radius 1 is 1.24 bits per heavy atom. The molecule has 17 heavy (non-hydrogen) atoms. The summed E-state index contributed by atoms with van der Waals surface area (Å²) in [6.45, 7) is 4.76. The van der Waals surface area contributed by atoms with Crippen LogP contribution < -0.4 is 5.32 Å². The van der Waals surface area contributed by atoms with Gasteiger partial charge in [-0.25, -0.2) is 9.97 Å². The molecule has 2 rings (SSSR count). The molecule has 0 bridgehead atoms. The third-order valence-corrected chi connectivity index (χ3v) is 2.78. The number of ether oxygens (including phenoxy) is 1. The first-order valence-electron chi connectivity index (χ1n) is 5.61. The van der Waals surface area contributed by atoms with Crippen LogP contribution in [0.1, 0.15) is 13.8 Å². The summed E-state index contributed by atoms with van der Waals surface area (Å²) in [5, 5.41) is 4.33. The second-order valence-corrected chi connectivity index (χ2v) is 4.56. The van der Waals surface area contributed by atoms with E-state index in [9.17, 15) is 0 Å². The molecule has 0 aliphatic carbocycles. The topological polar surface area (TPSA) is 47.0 Å². The largest absolute Gasteiger partial charge is 0.377 e. The van der Waals surface area contributed by atoms with Crippen LogP contribution in [0.4, 0.5) is 5.82 Å². The van der Waals surface area contributed by atoms with Crippen molar-refractivity contribution in [2.24, 2.45) is 0 Å². The SMILES string of the molecule is COC(C)(C)CNc1ncnc2ccccc12. The fourth-order valence-electron chi connectivity index (χ4n) is 1.51. The van der Waals surface area contributed by atoms with Gasteiger partial charge >= 0.3 is 0 Å². The van der Waals surface area contributed by atoms with Crippen molar-refractivity contribution >= 4 is 16.7 Å². The first-order chi connectivity index (χ1) is 8.12. The van der Waals surface area contributed by atoms with Gasteiger partial charge in [0.1, 0.15) is 12.1 Å². The van der Waals surface area contributed by atoms with Gasteiger partial charge in [0.15, 0.2) is 0 Å². The molecule has 4 heteroatoms. The van der Waals surface area contributed by atoms with E-state index in [4.69, 9.17) is 4.74 Å². The smallest absolute Gasteiger partial charge is 0.137 e. The molecule has 0 amide bonds. The summed E-state index contributed by atoms with van der Waals surface area (Å²) in [6.07, 6.45) is 1.57. The maximum Gasteiger partial charge on any atom is 0.137 e. The van der Waals surface area contributed by atoms with E-state index >= 15 is 0 Å². The second-order valence-electron chi connectivity index (χ2n) is 4.56. The van der Waals surface area contributed by atoms with Crippen LogP contribution in [0.5, 0.6) is 0 Å². The van der Waals surface area contributed by atoms with E-state index in [1.165, 1.54) is 0 Å². The molecular weight excluding hydrogens is 214 g/mol. The molecule has 0 spiro atoms. The van der Waals surface area contributed by atoms with Crippen molar-refractivity contribution in [2.45, 2.75) is 19.4 Å². The van der Waals surface area contributed by atoms with Gasteiger partial charge < -0.3 is 10.1 Å². The van der Waals surface area contributed by atoms with Crippen molar-refractivity contribution in [3.8, 4) is 0 Å². The Morgan fingerprint density at radius 3 is 2.76 bits per heavy atom. The third kappa shape index (κ3) is 2.71. The lowest BCUT2D eigenvalue weighted by Gasteiger charge is -2.23. The van der Waals surface area contributed by atoms with E-state index in [0.29, 0.717) is 6.54 Å². The third-order valence-electron chi connectivity index (χ3n) is 2.78. The molecule has 0 radical (unpaired) electrons. The summed E-state index contributed by atoms with van der Waals surface area (Å²) >= 11 is 0. The lowest BCUT2D eigenvalue weighted by atomic mass is 10.1. The molecule has 0 aliphatic rings.